The van der Waals surface area contributed by atoms with Crippen LogP contribution in [0.25, 0.3) is 0 Å². The number of nitrogens with zero attached hydrogens (tertiary/aromatic N) is 1. The van der Waals surface area contributed by atoms with Crippen molar-refractivity contribution in [3.05, 3.63) is 53.1 Å². The van der Waals surface area contributed by atoms with Crippen LogP contribution < -0.4 is 15.8 Å². The summed E-state index contributed by atoms with van der Waals surface area (Å²) in [5.74, 6) is 0. The maximum atomic E-state index is 11.6. The SMILES string of the molecule is CN(Cc1cc(N)ccc1Cl)c1ccccc1S(N)(=O)=O. The first-order valence-electron chi connectivity index (χ1n) is 6.16. The molecule has 0 aliphatic rings. The minimum atomic E-state index is -3.79. The van der Waals surface area contributed by atoms with Gasteiger partial charge in [0.05, 0.1) is 5.69 Å². The summed E-state index contributed by atoms with van der Waals surface area (Å²) in [5, 5.41) is 5.82. The fourth-order valence-corrected chi connectivity index (χ4v) is 3.03. The Morgan fingerprint density at radius 1 is 1.19 bits per heavy atom. The van der Waals surface area contributed by atoms with E-state index in [9.17, 15) is 8.42 Å². The van der Waals surface area contributed by atoms with Crippen LogP contribution in [0.2, 0.25) is 5.02 Å². The Morgan fingerprint density at radius 3 is 2.52 bits per heavy atom. The summed E-state index contributed by atoms with van der Waals surface area (Å²) in [6.45, 7) is 0.413. The molecule has 7 heteroatoms. The molecule has 0 bridgehead atoms. The average Bonchev–Trinajstić information content (AvgIpc) is 2.42. The van der Waals surface area contributed by atoms with Crippen LogP contribution in [0.3, 0.4) is 0 Å². The summed E-state index contributed by atoms with van der Waals surface area (Å²) in [6.07, 6.45) is 0. The molecule has 0 fully saturated rings. The maximum absolute atomic E-state index is 11.6. The van der Waals surface area contributed by atoms with Crippen molar-refractivity contribution in [2.75, 3.05) is 17.7 Å². The van der Waals surface area contributed by atoms with Crippen LogP contribution in [-0.2, 0) is 16.6 Å². The fraction of sp³-hybridized carbons (Fsp3) is 0.143. The van der Waals surface area contributed by atoms with Crippen LogP contribution in [0, 0.1) is 0 Å². The number of sulfonamides is 1. The Balaban J connectivity index is 2.38. The highest BCUT2D eigenvalue weighted by Crippen LogP contribution is 2.27. The van der Waals surface area contributed by atoms with Gasteiger partial charge in [-0.2, -0.15) is 0 Å². The molecule has 2 aromatic rings. The number of nitrogen functional groups attached to an aromatic ring is 1. The molecule has 0 amide bonds. The van der Waals surface area contributed by atoms with Crippen LogP contribution in [0.4, 0.5) is 11.4 Å². The topological polar surface area (TPSA) is 89.4 Å². The number of halogens is 1. The van der Waals surface area contributed by atoms with Crippen molar-refractivity contribution in [3.8, 4) is 0 Å². The minimum absolute atomic E-state index is 0.0764. The highest BCUT2D eigenvalue weighted by molar-refractivity contribution is 7.89. The third-order valence-corrected chi connectivity index (χ3v) is 4.39. The van der Waals surface area contributed by atoms with Crippen molar-refractivity contribution in [1.82, 2.24) is 0 Å². The van der Waals surface area contributed by atoms with Crippen LogP contribution in [0.15, 0.2) is 47.4 Å². The van der Waals surface area contributed by atoms with E-state index in [-0.39, 0.29) is 4.90 Å². The average molecular weight is 326 g/mol. The van der Waals surface area contributed by atoms with Crippen molar-refractivity contribution in [2.24, 2.45) is 5.14 Å². The highest BCUT2D eigenvalue weighted by Gasteiger charge is 2.16. The number of benzene rings is 2. The number of anilines is 2. The standard InChI is InChI=1S/C14H16ClN3O2S/c1-18(9-10-8-11(16)6-7-12(10)15)13-4-2-3-5-14(13)21(17,19)20/h2-8H,9,16H2,1H3,(H2,17,19,20). The zero-order valence-electron chi connectivity index (χ0n) is 11.5. The van der Waals surface area contributed by atoms with Gasteiger partial charge in [0.2, 0.25) is 10.0 Å². The van der Waals surface area contributed by atoms with E-state index in [1.54, 1.807) is 48.3 Å². The summed E-state index contributed by atoms with van der Waals surface area (Å²) in [4.78, 5) is 1.84. The van der Waals surface area contributed by atoms with Gasteiger partial charge in [-0.05, 0) is 35.9 Å². The number of primary sulfonamides is 1. The molecule has 0 atom stereocenters. The molecule has 0 radical (unpaired) electrons. The van der Waals surface area contributed by atoms with Gasteiger partial charge in [-0.15, -0.1) is 0 Å². The second-order valence-corrected chi connectivity index (χ2v) is 6.66. The summed E-state index contributed by atoms with van der Waals surface area (Å²) >= 11 is 6.13. The van der Waals surface area contributed by atoms with Crippen LogP contribution in [-0.4, -0.2) is 15.5 Å². The fourth-order valence-electron chi connectivity index (χ4n) is 2.07. The van der Waals surface area contributed by atoms with Gasteiger partial charge in [-0.3, -0.25) is 0 Å². The molecule has 0 unspecified atom stereocenters. The van der Waals surface area contributed by atoms with Crippen LogP contribution in [0.5, 0.6) is 0 Å². The molecule has 2 rings (SSSR count). The third-order valence-electron chi connectivity index (χ3n) is 3.06. The molecule has 0 heterocycles. The summed E-state index contributed by atoms with van der Waals surface area (Å²) in [6, 6.07) is 11.7. The number of hydrogen-bond acceptors (Lipinski definition) is 4. The third kappa shape index (κ3) is 3.66. The lowest BCUT2D eigenvalue weighted by Gasteiger charge is -2.22. The largest absolute Gasteiger partial charge is 0.399 e. The zero-order chi connectivity index (χ0) is 15.6. The lowest BCUT2D eigenvalue weighted by Crippen LogP contribution is -2.22. The Kier molecular flexibility index (Phi) is 4.41. The Morgan fingerprint density at radius 2 is 1.86 bits per heavy atom. The first-order chi connectivity index (χ1) is 9.79. The van der Waals surface area contributed by atoms with Crippen molar-refractivity contribution in [1.29, 1.82) is 0 Å². The summed E-state index contributed by atoms with van der Waals surface area (Å²) < 4.78 is 23.3. The molecule has 0 aliphatic carbocycles. The first kappa shape index (κ1) is 15.6. The summed E-state index contributed by atoms with van der Waals surface area (Å²) in [7, 11) is -2.02. The van der Waals surface area contributed by atoms with E-state index in [1.165, 1.54) is 6.07 Å². The van der Waals surface area contributed by atoms with Gasteiger partial charge >= 0.3 is 0 Å². The van der Waals surface area contributed by atoms with E-state index in [0.717, 1.165) is 5.56 Å². The minimum Gasteiger partial charge on any atom is -0.399 e. The molecule has 5 nitrogen and oxygen atoms in total. The number of rotatable bonds is 4. The van der Waals surface area contributed by atoms with Gasteiger partial charge in [-0.1, -0.05) is 23.7 Å². The second kappa shape index (κ2) is 5.93. The molecule has 0 aromatic heterocycles. The maximum Gasteiger partial charge on any atom is 0.240 e. The lowest BCUT2D eigenvalue weighted by molar-refractivity contribution is 0.597. The first-order valence-corrected chi connectivity index (χ1v) is 8.08. The van der Waals surface area contributed by atoms with Gasteiger partial charge in [0.25, 0.3) is 0 Å². The number of nitrogens with two attached hydrogens (primary N) is 2. The molecule has 0 spiro atoms. The highest BCUT2D eigenvalue weighted by atomic mass is 35.5. The van der Waals surface area contributed by atoms with Crippen LogP contribution in [0.1, 0.15) is 5.56 Å². The normalized spacial score (nSPS) is 11.4. The zero-order valence-corrected chi connectivity index (χ0v) is 13.0. The van der Waals surface area contributed by atoms with Gasteiger partial charge < -0.3 is 10.6 Å². The smallest absolute Gasteiger partial charge is 0.240 e. The molecule has 0 saturated carbocycles. The van der Waals surface area contributed by atoms with Crippen molar-refractivity contribution >= 4 is 33.0 Å². The van der Waals surface area contributed by atoms with E-state index >= 15 is 0 Å². The van der Waals surface area contributed by atoms with Crippen molar-refractivity contribution in [3.63, 3.8) is 0 Å². The van der Waals surface area contributed by atoms with E-state index < -0.39 is 10.0 Å². The van der Waals surface area contributed by atoms with Gasteiger partial charge in [-0.25, -0.2) is 13.6 Å². The quantitative estimate of drug-likeness (QED) is 0.843. The lowest BCUT2D eigenvalue weighted by atomic mass is 10.2. The van der Waals surface area contributed by atoms with Gasteiger partial charge in [0.1, 0.15) is 4.90 Å². The number of para-hydroxylation sites is 1. The Hall–Kier alpha value is -1.76. The van der Waals surface area contributed by atoms with Gasteiger partial charge in [0.15, 0.2) is 0 Å². The predicted molar refractivity (Wildman–Crippen MR) is 85.8 cm³/mol. The second-order valence-electron chi connectivity index (χ2n) is 4.72. The molecular weight excluding hydrogens is 310 g/mol. The number of hydrogen-bond donors (Lipinski definition) is 2. The molecule has 0 saturated heterocycles. The van der Waals surface area contributed by atoms with E-state index in [4.69, 9.17) is 22.5 Å². The molecular formula is C14H16ClN3O2S. The van der Waals surface area contributed by atoms with Crippen molar-refractivity contribution in [2.45, 2.75) is 11.4 Å². The molecule has 4 N–H and O–H groups in total. The molecule has 0 aliphatic heterocycles. The van der Waals surface area contributed by atoms with E-state index in [2.05, 4.69) is 0 Å². The van der Waals surface area contributed by atoms with Crippen LogP contribution >= 0.6 is 11.6 Å². The van der Waals surface area contributed by atoms with Crippen molar-refractivity contribution < 1.29 is 8.42 Å². The van der Waals surface area contributed by atoms with Gasteiger partial charge in [0, 0.05) is 24.3 Å². The summed E-state index contributed by atoms with van der Waals surface area (Å²) in [5.41, 5.74) is 7.67. The molecule has 112 valence electrons. The Bertz CT molecular complexity index is 763. The predicted octanol–water partition coefficient (Wildman–Crippen LogP) is 2.21. The molecule has 21 heavy (non-hydrogen) atoms. The Labute approximate surface area is 129 Å². The van der Waals surface area contributed by atoms with E-state index in [0.29, 0.717) is 22.9 Å². The molecule has 2 aromatic carbocycles. The van der Waals surface area contributed by atoms with E-state index in [1.807, 2.05) is 0 Å². The monoisotopic (exact) mass is 325 g/mol.